The maximum absolute atomic E-state index is 10.9. The molecular formula is C23H31NaO6. The van der Waals surface area contributed by atoms with Crippen LogP contribution >= 0.6 is 0 Å². The largest absolute Gasteiger partial charge is 1.00 e. The van der Waals surface area contributed by atoms with Crippen molar-refractivity contribution >= 4 is 23.9 Å². The minimum absolute atomic E-state index is 0. The van der Waals surface area contributed by atoms with Crippen LogP contribution in [0, 0.1) is 0 Å². The van der Waals surface area contributed by atoms with Crippen LogP contribution in [-0.2, 0) is 9.59 Å². The molecule has 0 saturated heterocycles. The number of Topliss-reactive ketones (excluding diaryl/α,β-unsaturated/α-hetero) is 1. The first-order chi connectivity index (χ1) is 12.8. The van der Waals surface area contributed by atoms with Crippen molar-refractivity contribution in [3.8, 4) is 11.5 Å². The van der Waals surface area contributed by atoms with Gasteiger partial charge in [-0.15, -0.1) is 0 Å². The van der Waals surface area contributed by atoms with Crippen LogP contribution in [0.2, 0.25) is 0 Å². The number of hydrogen-bond donors (Lipinski definition) is 2. The second-order valence-corrected chi connectivity index (χ2v) is 5.51. The van der Waals surface area contributed by atoms with Crippen LogP contribution < -0.4 is 29.6 Å². The van der Waals surface area contributed by atoms with Crippen LogP contribution in [0.4, 0.5) is 0 Å². The van der Waals surface area contributed by atoms with Crippen LogP contribution in [0.5, 0.6) is 11.5 Å². The van der Waals surface area contributed by atoms with Crippen molar-refractivity contribution in [1.82, 2.24) is 0 Å². The zero-order valence-corrected chi connectivity index (χ0v) is 19.3. The Balaban J connectivity index is -0.000000176. The van der Waals surface area contributed by atoms with E-state index in [-0.39, 0.29) is 65.5 Å². The number of benzene rings is 2. The number of allylic oxidation sites excluding steroid dienone is 1. The number of aldehydes is 1. The Kier molecular flexibility index (Phi) is 25.2. The monoisotopic (exact) mass is 426 g/mol. The maximum atomic E-state index is 10.9. The van der Waals surface area contributed by atoms with Crippen molar-refractivity contribution in [2.75, 3.05) is 0 Å². The third kappa shape index (κ3) is 19.1. The minimum Gasteiger partial charge on any atom is -0.870 e. The molecule has 0 aromatic heterocycles. The average Bonchev–Trinajstić information content (AvgIpc) is 2.68. The molecule has 0 saturated carbocycles. The maximum Gasteiger partial charge on any atom is 1.00 e. The summed E-state index contributed by atoms with van der Waals surface area (Å²) in [5, 5.41) is 17.7. The van der Waals surface area contributed by atoms with Gasteiger partial charge in [0.2, 0.25) is 0 Å². The Morgan fingerprint density at radius 1 is 0.833 bits per heavy atom. The standard InChI is InChI=1S/C11H12O2.C7H6O2.C4H8O.CH4.Na.H2O/c1-2-10(12)6-3-9-4-7-11(13)8-5-9;8-5-6-1-3-7(9)4-2-6;1-3-4(2)5;;;/h3-8,13H,2H2,1H3;1-5,9H;3H2,1-2H3;1H4;;1H2/q;;;;+1;/p-1/b6-3+;;;;;. The first-order valence-corrected chi connectivity index (χ1v) is 8.55. The van der Waals surface area contributed by atoms with E-state index < -0.39 is 0 Å². The van der Waals surface area contributed by atoms with Crippen LogP contribution in [0.3, 0.4) is 0 Å². The molecule has 0 radical (unpaired) electrons. The summed E-state index contributed by atoms with van der Waals surface area (Å²) in [5.41, 5.74) is 1.49. The Hall–Kier alpha value is -2.25. The molecule has 0 bridgehead atoms. The van der Waals surface area contributed by atoms with E-state index in [2.05, 4.69) is 0 Å². The summed E-state index contributed by atoms with van der Waals surface area (Å²) >= 11 is 0. The summed E-state index contributed by atoms with van der Waals surface area (Å²) in [6.45, 7) is 5.26. The van der Waals surface area contributed by atoms with Gasteiger partial charge in [-0.1, -0.05) is 39.5 Å². The summed E-state index contributed by atoms with van der Waals surface area (Å²) in [7, 11) is 0. The van der Waals surface area contributed by atoms with Gasteiger partial charge in [0, 0.05) is 18.4 Å². The van der Waals surface area contributed by atoms with Crippen LogP contribution in [0.1, 0.15) is 57.0 Å². The van der Waals surface area contributed by atoms with Gasteiger partial charge in [-0.25, -0.2) is 0 Å². The fourth-order valence-corrected chi connectivity index (χ4v) is 1.45. The van der Waals surface area contributed by atoms with E-state index in [1.165, 1.54) is 12.1 Å². The zero-order valence-electron chi connectivity index (χ0n) is 17.3. The van der Waals surface area contributed by atoms with E-state index in [9.17, 15) is 14.4 Å². The molecule has 0 amide bonds. The Morgan fingerprint density at radius 3 is 1.50 bits per heavy atom. The molecule has 0 heterocycles. The quantitative estimate of drug-likeness (QED) is 0.429. The summed E-state index contributed by atoms with van der Waals surface area (Å²) < 4.78 is 0. The normalized spacial score (nSPS) is 8.50. The van der Waals surface area contributed by atoms with E-state index in [0.29, 0.717) is 18.4 Å². The van der Waals surface area contributed by atoms with Gasteiger partial charge in [-0.2, -0.15) is 0 Å². The Morgan fingerprint density at radius 2 is 1.20 bits per heavy atom. The molecule has 0 unspecified atom stereocenters. The zero-order chi connectivity index (χ0) is 20.7. The first kappa shape index (κ1) is 35.2. The number of hydrogen-bond acceptors (Lipinski definition) is 6. The van der Waals surface area contributed by atoms with Crippen molar-refractivity contribution in [2.24, 2.45) is 0 Å². The number of phenolic OH excluding ortho intramolecular Hbond substituents is 2. The van der Waals surface area contributed by atoms with Crippen molar-refractivity contribution in [1.29, 1.82) is 0 Å². The van der Waals surface area contributed by atoms with Gasteiger partial charge in [0.1, 0.15) is 23.6 Å². The predicted molar refractivity (Wildman–Crippen MR) is 116 cm³/mol. The number of phenols is 2. The summed E-state index contributed by atoms with van der Waals surface area (Å²) in [4.78, 5) is 30.8. The van der Waals surface area contributed by atoms with Crippen LogP contribution in [-0.4, -0.2) is 33.5 Å². The predicted octanol–water partition coefficient (Wildman–Crippen LogP) is 2.04. The van der Waals surface area contributed by atoms with E-state index >= 15 is 0 Å². The Bertz CT molecular complexity index is 737. The minimum atomic E-state index is 0. The summed E-state index contributed by atoms with van der Waals surface area (Å²) in [6, 6.07) is 12.8. The van der Waals surface area contributed by atoms with E-state index in [1.54, 1.807) is 55.5 Å². The third-order valence-electron chi connectivity index (χ3n) is 3.23. The SMILES string of the molecule is C.CCC(=O)/C=C/c1ccc(O)cc1.CCC(C)=O.O=Cc1ccc(O)cc1.[Na+].[OH-]. The first-order valence-electron chi connectivity index (χ1n) is 8.55. The van der Waals surface area contributed by atoms with E-state index in [1.807, 2.05) is 13.8 Å². The molecule has 0 aliphatic heterocycles. The number of carbonyl (C=O) groups is 3. The molecule has 3 N–H and O–H groups in total. The second-order valence-electron chi connectivity index (χ2n) is 5.51. The van der Waals surface area contributed by atoms with Gasteiger partial charge in [-0.3, -0.25) is 9.59 Å². The molecule has 6 nitrogen and oxygen atoms in total. The second kappa shape index (κ2) is 21.5. The van der Waals surface area contributed by atoms with Crippen molar-refractivity contribution in [2.45, 2.75) is 41.0 Å². The molecule has 0 spiro atoms. The van der Waals surface area contributed by atoms with E-state index in [4.69, 9.17) is 10.2 Å². The molecular weight excluding hydrogens is 395 g/mol. The molecule has 0 fully saturated rings. The topological polar surface area (TPSA) is 122 Å². The van der Waals surface area contributed by atoms with Gasteiger partial charge >= 0.3 is 29.6 Å². The van der Waals surface area contributed by atoms with Crippen molar-refractivity contribution in [3.63, 3.8) is 0 Å². The number of aromatic hydroxyl groups is 2. The summed E-state index contributed by atoms with van der Waals surface area (Å²) in [6.07, 6.45) is 5.21. The third-order valence-corrected chi connectivity index (χ3v) is 3.23. The molecule has 160 valence electrons. The van der Waals surface area contributed by atoms with Crippen LogP contribution in [0.15, 0.2) is 54.6 Å². The molecule has 0 aliphatic carbocycles. The number of rotatable bonds is 5. The van der Waals surface area contributed by atoms with Gasteiger partial charge in [0.25, 0.3) is 0 Å². The Labute approximate surface area is 201 Å². The van der Waals surface area contributed by atoms with Crippen molar-refractivity contribution in [3.05, 3.63) is 65.7 Å². The smallest absolute Gasteiger partial charge is 0.870 e. The van der Waals surface area contributed by atoms with Gasteiger partial charge in [-0.05, 0) is 55.0 Å². The fourth-order valence-electron chi connectivity index (χ4n) is 1.45. The molecule has 7 heteroatoms. The molecule has 0 atom stereocenters. The molecule has 30 heavy (non-hydrogen) atoms. The van der Waals surface area contributed by atoms with Gasteiger partial charge in [0.05, 0.1) is 0 Å². The average molecular weight is 426 g/mol. The molecule has 2 rings (SSSR count). The van der Waals surface area contributed by atoms with E-state index in [0.717, 1.165) is 11.8 Å². The number of carbonyl (C=O) groups excluding carboxylic acids is 3. The van der Waals surface area contributed by atoms with Crippen molar-refractivity contribution < 1.29 is 59.6 Å². The molecule has 2 aromatic rings. The summed E-state index contributed by atoms with van der Waals surface area (Å²) in [5.74, 6) is 0.776. The van der Waals surface area contributed by atoms with Gasteiger partial charge < -0.3 is 20.5 Å². The fraction of sp³-hybridized carbons (Fsp3) is 0.261. The number of ketones is 2. The van der Waals surface area contributed by atoms with Crippen LogP contribution in [0.25, 0.3) is 6.08 Å². The molecule has 2 aromatic carbocycles. The van der Waals surface area contributed by atoms with Gasteiger partial charge in [0.15, 0.2) is 5.78 Å². The molecule has 0 aliphatic rings.